The van der Waals surface area contributed by atoms with Gasteiger partial charge in [-0.3, -0.25) is 14.4 Å². The molecule has 3 rings (SSSR count). The first-order valence-corrected chi connectivity index (χ1v) is 14.7. The third kappa shape index (κ3) is 12.0. The number of nitrogens with one attached hydrogen (secondary N) is 3. The number of rotatable bonds is 14. The minimum absolute atomic E-state index is 0.0202. The van der Waals surface area contributed by atoms with Crippen molar-refractivity contribution in [2.24, 2.45) is 5.73 Å². The van der Waals surface area contributed by atoms with Crippen molar-refractivity contribution < 1.29 is 33.8 Å². The summed E-state index contributed by atoms with van der Waals surface area (Å²) in [4.78, 5) is 51.7. The van der Waals surface area contributed by atoms with E-state index in [0.29, 0.717) is 17.9 Å². The molecule has 240 valence electrons. The molecule has 0 spiro atoms. The normalized spacial score (nSPS) is 13.8. The lowest BCUT2D eigenvalue weighted by atomic mass is 10.0. The maximum Gasteiger partial charge on any atom is 0.408 e. The quantitative estimate of drug-likeness (QED) is 0.185. The van der Waals surface area contributed by atoms with Gasteiger partial charge >= 0.3 is 6.09 Å². The number of nitrogens with two attached hydrogens (primary N) is 1. The van der Waals surface area contributed by atoms with Crippen LogP contribution < -0.4 is 26.4 Å². The van der Waals surface area contributed by atoms with E-state index in [1.807, 2.05) is 48.5 Å². The van der Waals surface area contributed by atoms with E-state index in [9.17, 15) is 24.3 Å². The van der Waals surface area contributed by atoms with E-state index in [1.54, 1.807) is 57.2 Å². The van der Waals surface area contributed by atoms with E-state index in [-0.39, 0.29) is 12.8 Å². The molecule has 11 heteroatoms. The van der Waals surface area contributed by atoms with Crippen LogP contribution in [0.3, 0.4) is 0 Å². The van der Waals surface area contributed by atoms with Gasteiger partial charge in [0.1, 0.15) is 36.1 Å². The maximum atomic E-state index is 13.7. The van der Waals surface area contributed by atoms with E-state index in [0.717, 1.165) is 11.1 Å². The second-order valence-electron chi connectivity index (χ2n) is 11.7. The summed E-state index contributed by atoms with van der Waals surface area (Å²) in [7, 11) is 0. The molecule has 6 N–H and O–H groups in total. The Hall–Kier alpha value is -4.90. The highest BCUT2D eigenvalue weighted by molar-refractivity contribution is 5.94. The molecule has 0 saturated heterocycles. The number of hydrogen-bond donors (Lipinski definition) is 5. The summed E-state index contributed by atoms with van der Waals surface area (Å²) in [6, 6.07) is 22.1. The molecule has 0 saturated carbocycles. The second kappa shape index (κ2) is 16.2. The molecule has 4 atom stereocenters. The number of carbonyl (C=O) groups excluding carboxylic acids is 4. The van der Waals surface area contributed by atoms with E-state index >= 15 is 0 Å². The zero-order valence-electron chi connectivity index (χ0n) is 26.0. The number of carbonyl (C=O) groups is 4. The van der Waals surface area contributed by atoms with Gasteiger partial charge in [0.2, 0.25) is 17.7 Å². The fraction of sp³-hybridized carbons (Fsp3) is 0.353. The number of benzene rings is 3. The Morgan fingerprint density at radius 3 is 1.73 bits per heavy atom. The summed E-state index contributed by atoms with van der Waals surface area (Å²) in [5.41, 5.74) is 7.04. The predicted octanol–water partition coefficient (Wildman–Crippen LogP) is 2.78. The van der Waals surface area contributed by atoms with Crippen LogP contribution in [0, 0.1) is 0 Å². The smallest absolute Gasteiger partial charge is 0.408 e. The Balaban J connectivity index is 1.81. The standard InChI is InChI=1S/C34H42N4O7/c1-22(39)29(30(35)40)38-32(42)27(20-24-15-17-26(18-16-24)44-21-25-13-9-6-10-14-25)36-31(41)28(19-23-11-7-5-8-12-23)37-33(43)45-34(2,3)4/h5-18,22,27-29,39H,19-21H2,1-4H3,(H2,35,40)(H,36,41)(H,37,43)(H,38,42)/t22-,27-,28-,29+/m1/s1. The molecule has 0 radical (unpaired) electrons. The van der Waals surface area contributed by atoms with Gasteiger partial charge in [-0.15, -0.1) is 0 Å². The summed E-state index contributed by atoms with van der Waals surface area (Å²) in [5.74, 6) is -1.72. The Morgan fingerprint density at radius 1 is 0.733 bits per heavy atom. The molecule has 0 heterocycles. The van der Waals surface area contributed by atoms with Gasteiger partial charge in [0.15, 0.2) is 0 Å². The van der Waals surface area contributed by atoms with Crippen LogP contribution in [0.5, 0.6) is 5.75 Å². The highest BCUT2D eigenvalue weighted by Crippen LogP contribution is 2.16. The number of alkyl carbamates (subject to hydrolysis) is 1. The lowest BCUT2D eigenvalue weighted by molar-refractivity contribution is -0.133. The van der Waals surface area contributed by atoms with Crippen LogP contribution in [0.4, 0.5) is 4.79 Å². The van der Waals surface area contributed by atoms with Crippen LogP contribution in [0.15, 0.2) is 84.9 Å². The summed E-state index contributed by atoms with van der Waals surface area (Å²) in [5, 5.41) is 17.8. The van der Waals surface area contributed by atoms with Crippen LogP contribution in [0.2, 0.25) is 0 Å². The number of ether oxygens (including phenoxy) is 2. The average molecular weight is 619 g/mol. The third-order valence-electron chi connectivity index (χ3n) is 6.62. The molecule has 0 fully saturated rings. The van der Waals surface area contributed by atoms with Gasteiger partial charge in [-0.2, -0.15) is 0 Å². The highest BCUT2D eigenvalue weighted by Gasteiger charge is 2.31. The van der Waals surface area contributed by atoms with Crippen LogP contribution in [0.1, 0.15) is 44.4 Å². The van der Waals surface area contributed by atoms with Crippen molar-refractivity contribution in [3.63, 3.8) is 0 Å². The van der Waals surface area contributed by atoms with Crippen molar-refractivity contribution in [1.29, 1.82) is 0 Å². The molecule has 3 aromatic rings. The first kappa shape index (κ1) is 34.6. The fourth-order valence-corrected chi connectivity index (χ4v) is 4.37. The molecule has 0 aliphatic rings. The Morgan fingerprint density at radius 2 is 1.22 bits per heavy atom. The van der Waals surface area contributed by atoms with Gasteiger partial charge in [-0.25, -0.2) is 4.79 Å². The zero-order valence-corrected chi connectivity index (χ0v) is 26.0. The van der Waals surface area contributed by atoms with E-state index in [1.165, 1.54) is 6.92 Å². The van der Waals surface area contributed by atoms with E-state index in [2.05, 4.69) is 16.0 Å². The second-order valence-corrected chi connectivity index (χ2v) is 11.7. The molecule has 0 unspecified atom stereocenters. The van der Waals surface area contributed by atoms with E-state index < -0.39 is 53.6 Å². The molecule has 4 amide bonds. The number of aliphatic hydroxyl groups excluding tert-OH is 1. The molecule has 0 aliphatic carbocycles. The van der Waals surface area contributed by atoms with Crippen molar-refractivity contribution >= 4 is 23.8 Å². The summed E-state index contributed by atoms with van der Waals surface area (Å²) in [6.07, 6.45) is -1.94. The van der Waals surface area contributed by atoms with Crippen LogP contribution in [-0.4, -0.2) is 58.8 Å². The van der Waals surface area contributed by atoms with Gasteiger partial charge < -0.3 is 36.3 Å². The fourth-order valence-electron chi connectivity index (χ4n) is 4.37. The molecule has 11 nitrogen and oxygen atoms in total. The number of amides is 4. The number of aliphatic hydroxyl groups is 1. The van der Waals surface area contributed by atoms with Crippen molar-refractivity contribution in [2.45, 2.75) is 77.0 Å². The van der Waals surface area contributed by atoms with Gasteiger partial charge in [0.25, 0.3) is 0 Å². The molecule has 0 aromatic heterocycles. The summed E-state index contributed by atoms with van der Waals surface area (Å²) in [6.45, 7) is 6.80. The Bertz CT molecular complexity index is 1410. The van der Waals surface area contributed by atoms with Crippen molar-refractivity contribution in [3.8, 4) is 5.75 Å². The van der Waals surface area contributed by atoms with Gasteiger partial charge in [0, 0.05) is 12.8 Å². The molecule has 45 heavy (non-hydrogen) atoms. The van der Waals surface area contributed by atoms with Crippen molar-refractivity contribution in [3.05, 3.63) is 102 Å². The lowest BCUT2D eigenvalue weighted by Gasteiger charge is -2.27. The monoisotopic (exact) mass is 618 g/mol. The van der Waals surface area contributed by atoms with Crippen molar-refractivity contribution in [2.75, 3.05) is 0 Å². The lowest BCUT2D eigenvalue weighted by Crippen LogP contribution is -2.59. The third-order valence-corrected chi connectivity index (χ3v) is 6.62. The largest absolute Gasteiger partial charge is 0.489 e. The Kier molecular flexibility index (Phi) is 12.5. The minimum Gasteiger partial charge on any atom is -0.489 e. The highest BCUT2D eigenvalue weighted by atomic mass is 16.6. The number of primary amides is 1. The molecule has 0 aliphatic heterocycles. The maximum absolute atomic E-state index is 13.7. The van der Waals surface area contributed by atoms with Gasteiger partial charge in [-0.05, 0) is 56.5 Å². The van der Waals surface area contributed by atoms with Crippen molar-refractivity contribution in [1.82, 2.24) is 16.0 Å². The Labute approximate surface area is 263 Å². The van der Waals surface area contributed by atoms with Gasteiger partial charge in [-0.1, -0.05) is 72.8 Å². The SMILES string of the molecule is C[C@@H](O)[C@H](NC(=O)[C@@H](Cc1ccc(OCc2ccccc2)cc1)NC(=O)[C@@H](Cc1ccccc1)NC(=O)OC(C)(C)C)C(N)=O. The topological polar surface area (TPSA) is 169 Å². The van der Waals surface area contributed by atoms with Crippen LogP contribution >= 0.6 is 0 Å². The predicted molar refractivity (Wildman–Crippen MR) is 169 cm³/mol. The minimum atomic E-state index is -1.38. The van der Waals surface area contributed by atoms with Gasteiger partial charge in [0.05, 0.1) is 6.10 Å². The summed E-state index contributed by atoms with van der Waals surface area (Å²) < 4.78 is 11.2. The van der Waals surface area contributed by atoms with Crippen LogP contribution in [0.25, 0.3) is 0 Å². The molecular formula is C34H42N4O7. The molecule has 3 aromatic carbocycles. The molecular weight excluding hydrogens is 576 g/mol. The molecule has 0 bridgehead atoms. The number of hydrogen-bond acceptors (Lipinski definition) is 7. The zero-order chi connectivity index (χ0) is 33.0. The van der Waals surface area contributed by atoms with E-state index in [4.69, 9.17) is 15.2 Å². The van der Waals surface area contributed by atoms with Crippen LogP contribution in [-0.2, 0) is 38.6 Å². The average Bonchev–Trinajstić information content (AvgIpc) is 2.98. The first-order chi connectivity index (χ1) is 21.3. The first-order valence-electron chi connectivity index (χ1n) is 14.7. The summed E-state index contributed by atoms with van der Waals surface area (Å²) >= 11 is 0.